The molecule has 4 unspecified atom stereocenters. The lowest BCUT2D eigenvalue weighted by Gasteiger charge is -2.64. The van der Waals surface area contributed by atoms with E-state index in [1.807, 2.05) is 0 Å². The van der Waals surface area contributed by atoms with Gasteiger partial charge in [0, 0.05) is 0 Å². The normalized spacial score (nSPS) is 36.7. The minimum absolute atomic E-state index is 0.0281. The molecule has 0 aliphatic heterocycles. The van der Waals surface area contributed by atoms with Crippen molar-refractivity contribution in [2.45, 2.75) is 104 Å². The number of hydrogen-bond acceptors (Lipinski definition) is 3. The van der Waals surface area contributed by atoms with Gasteiger partial charge in [0.25, 0.3) is 0 Å². The highest BCUT2D eigenvalue weighted by Gasteiger charge is 2.65. The predicted octanol–water partition coefficient (Wildman–Crippen LogP) is 9.95. The van der Waals surface area contributed by atoms with Crippen LogP contribution in [0.25, 0.3) is 0 Å². The summed E-state index contributed by atoms with van der Waals surface area (Å²) in [6, 6.07) is 32.2. The first kappa shape index (κ1) is 30.9. The molecule has 3 heteroatoms. The van der Waals surface area contributed by atoms with Crippen LogP contribution in [0.2, 0.25) is 0 Å². The molecular weight excluding hydrogens is 552 g/mol. The van der Waals surface area contributed by atoms with E-state index in [-0.39, 0.29) is 29.1 Å². The summed E-state index contributed by atoms with van der Waals surface area (Å²) in [5.74, 6) is 2.17. The summed E-state index contributed by atoms with van der Waals surface area (Å²) < 4.78 is 21.1. The summed E-state index contributed by atoms with van der Waals surface area (Å²) in [6.07, 6.45) is 11.2. The van der Waals surface area contributed by atoms with Gasteiger partial charge in [-0.1, -0.05) is 116 Å². The Balaban J connectivity index is 1.24. The summed E-state index contributed by atoms with van der Waals surface area (Å²) >= 11 is 0. The minimum atomic E-state index is 0.0281. The Morgan fingerprint density at radius 1 is 0.622 bits per heavy atom. The Morgan fingerprint density at radius 2 is 1.18 bits per heavy atom. The summed E-state index contributed by atoms with van der Waals surface area (Å²) in [4.78, 5) is 0. The molecule has 0 amide bonds. The molecule has 3 nitrogen and oxygen atoms in total. The fourth-order valence-corrected chi connectivity index (χ4v) is 10.4. The van der Waals surface area contributed by atoms with E-state index in [9.17, 15) is 0 Å². The highest BCUT2D eigenvalue weighted by molar-refractivity contribution is 5.26. The lowest BCUT2D eigenvalue weighted by molar-refractivity contribution is -0.251. The van der Waals surface area contributed by atoms with Gasteiger partial charge >= 0.3 is 0 Å². The van der Waals surface area contributed by atoms with E-state index in [2.05, 4.69) is 118 Å². The second-order valence-corrected chi connectivity index (χ2v) is 14.9. The first-order valence-corrected chi connectivity index (χ1v) is 17.6. The van der Waals surface area contributed by atoms with Crippen LogP contribution in [-0.2, 0) is 34.0 Å². The molecule has 45 heavy (non-hydrogen) atoms. The molecule has 3 aromatic carbocycles. The fourth-order valence-electron chi connectivity index (χ4n) is 10.4. The third-order valence-electron chi connectivity index (χ3n) is 12.7. The molecule has 0 aromatic heterocycles. The quantitative estimate of drug-likeness (QED) is 0.228. The Hall–Kier alpha value is -2.72. The van der Waals surface area contributed by atoms with Crippen molar-refractivity contribution < 1.29 is 14.2 Å². The summed E-state index contributed by atoms with van der Waals surface area (Å²) in [5.41, 5.74) is 5.90. The molecule has 0 radical (unpaired) electrons. The van der Waals surface area contributed by atoms with Gasteiger partial charge in [0.2, 0.25) is 0 Å². The van der Waals surface area contributed by atoms with Crippen LogP contribution in [0.4, 0.5) is 0 Å². The van der Waals surface area contributed by atoms with E-state index in [4.69, 9.17) is 14.2 Å². The van der Waals surface area contributed by atoms with Crippen LogP contribution in [0.5, 0.6) is 0 Å². The van der Waals surface area contributed by atoms with Gasteiger partial charge in [-0.15, -0.1) is 0 Å². The summed E-state index contributed by atoms with van der Waals surface area (Å²) in [7, 11) is 0. The van der Waals surface area contributed by atoms with Crippen LogP contribution in [0.3, 0.4) is 0 Å². The van der Waals surface area contributed by atoms with Crippen LogP contribution < -0.4 is 0 Å². The second-order valence-electron chi connectivity index (χ2n) is 14.9. The highest BCUT2D eigenvalue weighted by atomic mass is 16.5. The van der Waals surface area contributed by atoms with Crippen LogP contribution in [0.15, 0.2) is 103 Å². The topological polar surface area (TPSA) is 27.7 Å². The summed E-state index contributed by atoms with van der Waals surface area (Å²) in [6.45, 7) is 9.40. The molecule has 4 aliphatic rings. The summed E-state index contributed by atoms with van der Waals surface area (Å²) in [5, 5.41) is 0. The SMILES string of the molecule is CC=C1CCC2C3C(CC[C@]12C)[C@@]1(C)CC[C@@H](OCc2ccccc2)CC1[C@@H](OCc1ccccc1)[C@@H]3OCc1ccccc1. The maximum Gasteiger partial charge on any atom is 0.0878 e. The number of fused-ring (bicyclic) bond motifs is 5. The molecule has 0 N–H and O–H groups in total. The van der Waals surface area contributed by atoms with E-state index in [1.165, 1.54) is 48.8 Å². The molecule has 0 heterocycles. The fraction of sp³-hybridized carbons (Fsp3) is 0.524. The zero-order valence-corrected chi connectivity index (χ0v) is 27.6. The van der Waals surface area contributed by atoms with Crippen molar-refractivity contribution in [3.63, 3.8) is 0 Å². The van der Waals surface area contributed by atoms with Gasteiger partial charge in [0.05, 0.1) is 38.1 Å². The lowest BCUT2D eigenvalue weighted by atomic mass is 9.43. The molecular formula is C42H52O3. The number of rotatable bonds is 9. The molecule has 3 aromatic rings. The van der Waals surface area contributed by atoms with Crippen LogP contribution in [0.1, 0.15) is 82.4 Å². The second kappa shape index (κ2) is 13.2. The molecule has 4 fully saturated rings. The Kier molecular flexibility index (Phi) is 9.05. The monoisotopic (exact) mass is 604 g/mol. The maximum absolute atomic E-state index is 7.23. The Morgan fingerprint density at radius 3 is 1.76 bits per heavy atom. The third-order valence-corrected chi connectivity index (χ3v) is 12.7. The molecule has 4 aliphatic carbocycles. The number of benzene rings is 3. The van der Waals surface area contributed by atoms with Crippen molar-refractivity contribution in [3.8, 4) is 0 Å². The standard InChI is InChI=1S/C42H52O3/c1-4-33-20-21-35-38-36(23-25-41(33,35)2)42(3)24-22-34(43-27-30-14-8-5-9-15-30)26-37(42)39(44-28-31-16-10-6-11-17-31)40(38)45-29-32-18-12-7-13-19-32/h4-19,34-40H,20-29H2,1-3H3/t34-,35?,36?,37?,38?,39-,40-,41-,42-/m1/s1. The van der Waals surface area contributed by atoms with Crippen molar-refractivity contribution >= 4 is 0 Å². The molecule has 9 atom stereocenters. The third kappa shape index (κ3) is 5.97. The molecule has 4 saturated carbocycles. The average Bonchev–Trinajstić information content (AvgIpc) is 3.43. The first-order chi connectivity index (χ1) is 22.0. The average molecular weight is 605 g/mol. The zero-order chi connectivity index (χ0) is 30.9. The Labute approximate surface area is 271 Å². The van der Waals surface area contributed by atoms with Gasteiger partial charge in [-0.25, -0.2) is 0 Å². The van der Waals surface area contributed by atoms with Crippen molar-refractivity contribution in [2.24, 2.45) is 34.5 Å². The van der Waals surface area contributed by atoms with E-state index in [1.54, 1.807) is 5.57 Å². The number of hydrogen-bond donors (Lipinski definition) is 0. The van der Waals surface area contributed by atoms with Gasteiger partial charge in [-0.3, -0.25) is 0 Å². The van der Waals surface area contributed by atoms with Gasteiger partial charge < -0.3 is 14.2 Å². The van der Waals surface area contributed by atoms with Gasteiger partial charge in [0.15, 0.2) is 0 Å². The van der Waals surface area contributed by atoms with Crippen LogP contribution >= 0.6 is 0 Å². The van der Waals surface area contributed by atoms with E-state index >= 15 is 0 Å². The van der Waals surface area contributed by atoms with E-state index in [0.717, 1.165) is 12.8 Å². The molecule has 0 saturated heterocycles. The molecule has 0 spiro atoms. The van der Waals surface area contributed by atoms with Crippen molar-refractivity contribution in [1.29, 1.82) is 0 Å². The lowest BCUT2D eigenvalue weighted by Crippen LogP contribution is -2.65. The zero-order valence-electron chi connectivity index (χ0n) is 27.6. The molecule has 238 valence electrons. The Bertz CT molecular complexity index is 1420. The minimum Gasteiger partial charge on any atom is -0.374 e. The smallest absolute Gasteiger partial charge is 0.0878 e. The number of allylic oxidation sites excluding steroid dienone is 2. The largest absolute Gasteiger partial charge is 0.374 e. The van der Waals surface area contributed by atoms with Crippen LogP contribution in [0, 0.1) is 34.5 Å². The maximum atomic E-state index is 7.23. The number of ether oxygens (including phenoxy) is 3. The van der Waals surface area contributed by atoms with E-state index < -0.39 is 0 Å². The van der Waals surface area contributed by atoms with Crippen molar-refractivity contribution in [1.82, 2.24) is 0 Å². The van der Waals surface area contributed by atoms with Crippen LogP contribution in [-0.4, -0.2) is 18.3 Å². The van der Waals surface area contributed by atoms with Crippen molar-refractivity contribution in [2.75, 3.05) is 0 Å². The first-order valence-electron chi connectivity index (χ1n) is 17.6. The predicted molar refractivity (Wildman–Crippen MR) is 181 cm³/mol. The van der Waals surface area contributed by atoms with Gasteiger partial charge in [-0.2, -0.15) is 0 Å². The van der Waals surface area contributed by atoms with Crippen molar-refractivity contribution in [3.05, 3.63) is 119 Å². The molecule has 7 rings (SSSR count). The van der Waals surface area contributed by atoms with Gasteiger partial charge in [0.1, 0.15) is 0 Å². The van der Waals surface area contributed by atoms with Gasteiger partial charge in [-0.05, 0) is 103 Å². The molecule has 0 bridgehead atoms. The highest BCUT2D eigenvalue weighted by Crippen LogP contribution is 2.68. The van der Waals surface area contributed by atoms with E-state index in [0.29, 0.717) is 43.5 Å².